The number of hydrogen-bond acceptors (Lipinski definition) is 3. The van der Waals surface area contributed by atoms with Crippen LogP contribution in [0.2, 0.25) is 0 Å². The van der Waals surface area contributed by atoms with Gasteiger partial charge in [-0.15, -0.1) is 0 Å². The standard InChI is InChI=1S/C18H21BrN2O2/c1-18(2)13-7-6-12(16(18)8-13)10-20-21-17(22)11-23-15-5-3-4-14(19)9-15/h3-6,9-10,13,16H,7-8,11H2,1-2H3,(H,21,22)/b20-10-/t13-,16-/m0/s1. The fourth-order valence-corrected chi connectivity index (χ4v) is 3.84. The topological polar surface area (TPSA) is 50.7 Å². The van der Waals surface area contributed by atoms with Crippen molar-refractivity contribution >= 4 is 28.1 Å². The summed E-state index contributed by atoms with van der Waals surface area (Å²) in [6.07, 6.45) is 6.39. The monoisotopic (exact) mass is 376 g/mol. The Bertz CT molecular complexity index is 667. The highest BCUT2D eigenvalue weighted by Crippen LogP contribution is 2.58. The van der Waals surface area contributed by atoms with Crippen molar-refractivity contribution in [2.45, 2.75) is 26.7 Å². The summed E-state index contributed by atoms with van der Waals surface area (Å²) in [5.74, 6) is 1.76. The molecule has 1 saturated carbocycles. The van der Waals surface area contributed by atoms with E-state index in [9.17, 15) is 4.79 Å². The predicted molar refractivity (Wildman–Crippen MR) is 94.3 cm³/mol. The third-order valence-electron chi connectivity index (χ3n) is 5.08. The summed E-state index contributed by atoms with van der Waals surface area (Å²) >= 11 is 3.36. The van der Waals surface area contributed by atoms with Gasteiger partial charge in [0.2, 0.25) is 0 Å². The molecule has 3 aliphatic rings. The maximum Gasteiger partial charge on any atom is 0.277 e. The number of benzene rings is 1. The molecule has 0 radical (unpaired) electrons. The first-order valence-corrected chi connectivity index (χ1v) is 8.66. The molecule has 0 aliphatic heterocycles. The average Bonchev–Trinajstić information content (AvgIpc) is 2.53. The molecule has 0 unspecified atom stereocenters. The smallest absolute Gasteiger partial charge is 0.277 e. The summed E-state index contributed by atoms with van der Waals surface area (Å²) in [7, 11) is 0. The summed E-state index contributed by atoms with van der Waals surface area (Å²) in [6, 6.07) is 7.39. The molecule has 4 nitrogen and oxygen atoms in total. The lowest BCUT2D eigenvalue weighted by molar-refractivity contribution is -0.123. The number of nitrogens with one attached hydrogen (secondary N) is 1. The lowest BCUT2D eigenvalue weighted by atomic mass is 9.49. The third kappa shape index (κ3) is 3.50. The second-order valence-electron chi connectivity index (χ2n) is 6.79. The number of carbonyl (C=O) groups excluding carboxylic acids is 1. The van der Waals surface area contributed by atoms with Crippen LogP contribution in [0, 0.1) is 17.3 Å². The Kier molecular flexibility index (Phi) is 4.57. The van der Waals surface area contributed by atoms with Crippen LogP contribution < -0.4 is 10.2 Å². The number of amides is 1. The molecule has 3 aliphatic carbocycles. The van der Waals surface area contributed by atoms with Crippen molar-refractivity contribution in [1.82, 2.24) is 5.43 Å². The minimum absolute atomic E-state index is 0.0517. The molecule has 0 saturated heterocycles. The predicted octanol–water partition coefficient (Wildman–Crippen LogP) is 3.92. The van der Waals surface area contributed by atoms with Crippen molar-refractivity contribution in [2.75, 3.05) is 6.61 Å². The van der Waals surface area contributed by atoms with Crippen LogP contribution >= 0.6 is 15.9 Å². The van der Waals surface area contributed by atoms with Gasteiger partial charge in [-0.2, -0.15) is 5.10 Å². The van der Waals surface area contributed by atoms with Crippen molar-refractivity contribution in [1.29, 1.82) is 0 Å². The average molecular weight is 377 g/mol. The van der Waals surface area contributed by atoms with Crippen LogP contribution in [0.3, 0.4) is 0 Å². The Balaban J connectivity index is 1.47. The second kappa shape index (κ2) is 6.48. The van der Waals surface area contributed by atoms with Crippen LogP contribution in [0.5, 0.6) is 5.75 Å². The van der Waals surface area contributed by atoms with Crippen molar-refractivity contribution in [3.05, 3.63) is 40.4 Å². The molecule has 1 N–H and O–H groups in total. The zero-order valence-electron chi connectivity index (χ0n) is 13.4. The lowest BCUT2D eigenvalue weighted by Gasteiger charge is -2.55. The van der Waals surface area contributed by atoms with Gasteiger partial charge in [-0.3, -0.25) is 4.79 Å². The van der Waals surface area contributed by atoms with E-state index in [1.54, 1.807) is 6.21 Å². The van der Waals surface area contributed by atoms with Crippen molar-refractivity contribution in [3.8, 4) is 5.75 Å². The van der Waals surface area contributed by atoms with Crippen LogP contribution in [0.25, 0.3) is 0 Å². The first-order valence-electron chi connectivity index (χ1n) is 7.87. The number of ether oxygens (including phenoxy) is 1. The number of fused-ring (bicyclic) bond motifs is 1. The van der Waals surface area contributed by atoms with E-state index in [-0.39, 0.29) is 12.5 Å². The van der Waals surface area contributed by atoms with E-state index in [0.717, 1.165) is 16.8 Å². The molecule has 5 heteroatoms. The first kappa shape index (κ1) is 16.2. The molecule has 0 aromatic heterocycles. The van der Waals surface area contributed by atoms with Gasteiger partial charge in [0.15, 0.2) is 6.61 Å². The molecule has 1 fully saturated rings. The van der Waals surface area contributed by atoms with Crippen molar-refractivity contribution in [2.24, 2.45) is 22.4 Å². The molecular weight excluding hydrogens is 356 g/mol. The summed E-state index contributed by atoms with van der Waals surface area (Å²) in [5, 5.41) is 4.08. The Morgan fingerprint density at radius 2 is 2.35 bits per heavy atom. The number of allylic oxidation sites excluding steroid dienone is 2. The van der Waals surface area contributed by atoms with Gasteiger partial charge in [0.05, 0.1) is 6.21 Å². The van der Waals surface area contributed by atoms with E-state index in [1.807, 2.05) is 24.3 Å². The van der Waals surface area contributed by atoms with Gasteiger partial charge >= 0.3 is 0 Å². The van der Waals surface area contributed by atoms with Gasteiger partial charge in [0.1, 0.15) is 5.75 Å². The van der Waals surface area contributed by atoms with Gasteiger partial charge in [-0.05, 0) is 53.9 Å². The van der Waals surface area contributed by atoms with Gasteiger partial charge < -0.3 is 4.74 Å². The second-order valence-corrected chi connectivity index (χ2v) is 7.70. The normalized spacial score (nSPS) is 24.7. The van der Waals surface area contributed by atoms with Gasteiger partial charge in [-0.25, -0.2) is 5.43 Å². The van der Waals surface area contributed by atoms with Crippen LogP contribution in [0.1, 0.15) is 26.7 Å². The Morgan fingerprint density at radius 1 is 1.52 bits per heavy atom. The Labute approximate surface area is 145 Å². The highest BCUT2D eigenvalue weighted by atomic mass is 79.9. The number of hydrazone groups is 1. The van der Waals surface area contributed by atoms with Crippen LogP contribution in [-0.4, -0.2) is 18.7 Å². The van der Waals surface area contributed by atoms with E-state index < -0.39 is 0 Å². The number of hydrogen-bond donors (Lipinski definition) is 1. The largest absolute Gasteiger partial charge is 0.484 e. The van der Waals surface area contributed by atoms with Crippen molar-refractivity contribution in [3.63, 3.8) is 0 Å². The molecule has 23 heavy (non-hydrogen) atoms. The molecule has 2 bridgehead atoms. The number of carbonyl (C=O) groups is 1. The molecule has 0 spiro atoms. The van der Waals surface area contributed by atoms with Gasteiger partial charge in [-0.1, -0.05) is 41.9 Å². The maximum absolute atomic E-state index is 11.8. The molecule has 1 aromatic carbocycles. The van der Waals surface area contributed by atoms with E-state index in [1.165, 1.54) is 12.0 Å². The number of rotatable bonds is 5. The molecule has 122 valence electrons. The van der Waals surface area contributed by atoms with E-state index in [4.69, 9.17) is 4.74 Å². The first-order chi connectivity index (χ1) is 11.0. The molecule has 1 amide bonds. The highest BCUT2D eigenvalue weighted by Gasteiger charge is 2.50. The minimum atomic E-state index is -0.261. The fraction of sp³-hybridized carbons (Fsp3) is 0.444. The van der Waals surface area contributed by atoms with Crippen LogP contribution in [0.4, 0.5) is 0 Å². The fourth-order valence-electron chi connectivity index (χ4n) is 3.46. The van der Waals surface area contributed by atoms with E-state index in [0.29, 0.717) is 17.1 Å². The molecular formula is C18H21BrN2O2. The molecule has 0 heterocycles. The highest BCUT2D eigenvalue weighted by molar-refractivity contribution is 9.10. The summed E-state index contributed by atoms with van der Waals surface area (Å²) < 4.78 is 6.34. The van der Waals surface area contributed by atoms with Gasteiger partial charge in [0, 0.05) is 4.47 Å². The Morgan fingerprint density at radius 3 is 3.04 bits per heavy atom. The van der Waals surface area contributed by atoms with Gasteiger partial charge in [0.25, 0.3) is 5.91 Å². The quantitative estimate of drug-likeness (QED) is 0.625. The maximum atomic E-state index is 11.8. The zero-order chi connectivity index (χ0) is 16.4. The Hall–Kier alpha value is -1.62. The lowest BCUT2D eigenvalue weighted by Crippen LogP contribution is -2.48. The van der Waals surface area contributed by atoms with Crippen LogP contribution in [-0.2, 0) is 4.79 Å². The van der Waals surface area contributed by atoms with Crippen molar-refractivity contribution < 1.29 is 9.53 Å². The molecule has 1 aromatic rings. The number of halogens is 1. The van der Waals surface area contributed by atoms with E-state index in [2.05, 4.69) is 46.4 Å². The molecule has 2 atom stereocenters. The summed E-state index contributed by atoms with van der Waals surface area (Å²) in [5.41, 5.74) is 4.14. The molecule has 4 rings (SSSR count). The van der Waals surface area contributed by atoms with Crippen LogP contribution in [0.15, 0.2) is 45.5 Å². The minimum Gasteiger partial charge on any atom is -0.484 e. The summed E-state index contributed by atoms with van der Waals surface area (Å²) in [6.45, 7) is 4.58. The third-order valence-corrected chi connectivity index (χ3v) is 5.57. The summed E-state index contributed by atoms with van der Waals surface area (Å²) in [4.78, 5) is 11.8. The SMILES string of the molecule is CC1(C)[C@H]2CC=C(/C=N\NC(=O)COc3cccc(Br)c3)[C@@H]1C2. The zero-order valence-corrected chi connectivity index (χ0v) is 15.0. The number of nitrogens with zero attached hydrogens (tertiary/aromatic N) is 1. The van der Waals surface area contributed by atoms with E-state index >= 15 is 0 Å².